The lowest BCUT2D eigenvalue weighted by molar-refractivity contribution is 0.0974. The van der Waals surface area contributed by atoms with Crippen molar-refractivity contribution in [2.45, 2.75) is 18.9 Å². The Morgan fingerprint density at radius 2 is 1.65 bits per heavy atom. The van der Waals surface area contributed by atoms with Gasteiger partial charge in [0.25, 0.3) is 0 Å². The van der Waals surface area contributed by atoms with Crippen LogP contribution in [0, 0.1) is 5.92 Å². The van der Waals surface area contributed by atoms with Crippen molar-refractivity contribution in [3.63, 3.8) is 0 Å². The zero-order valence-electron chi connectivity index (χ0n) is 14.5. The van der Waals surface area contributed by atoms with E-state index in [0.29, 0.717) is 6.04 Å². The lowest BCUT2D eigenvalue weighted by atomic mass is 9.84. The van der Waals surface area contributed by atoms with E-state index in [-0.39, 0.29) is 0 Å². The van der Waals surface area contributed by atoms with Crippen LogP contribution in [-0.4, -0.2) is 40.8 Å². The van der Waals surface area contributed by atoms with Crippen molar-refractivity contribution >= 4 is 28.2 Å². The quantitative estimate of drug-likeness (QED) is 0.745. The van der Waals surface area contributed by atoms with Gasteiger partial charge in [0.2, 0.25) is 0 Å². The molecular weight excluding hydrogens is 344 g/mol. The number of halogens is 1. The van der Waals surface area contributed by atoms with E-state index in [0.717, 1.165) is 45.3 Å². The monoisotopic (exact) mass is 364 g/mol. The van der Waals surface area contributed by atoms with Gasteiger partial charge < -0.3 is 10.2 Å². The highest BCUT2D eigenvalue weighted by molar-refractivity contribution is 6.30. The smallest absolute Gasteiger partial charge is 0.156 e. The molecule has 0 spiro atoms. The van der Waals surface area contributed by atoms with Crippen molar-refractivity contribution in [2.75, 3.05) is 25.0 Å². The maximum absolute atomic E-state index is 6.03. The number of piperidine rings is 3. The second-order valence-electron chi connectivity index (χ2n) is 7.34. The van der Waals surface area contributed by atoms with Crippen LogP contribution < -0.4 is 5.32 Å². The summed E-state index contributed by atoms with van der Waals surface area (Å²) in [4.78, 5) is 2.55. The van der Waals surface area contributed by atoms with Gasteiger partial charge in [-0.3, -0.25) is 0 Å². The molecule has 3 fully saturated rings. The molecule has 0 radical (unpaired) electrons. The first kappa shape index (κ1) is 16.0. The Hall–Kier alpha value is -2.17. The number of nitrogens with one attached hydrogen (secondary N) is 1. The molecule has 3 aliphatic heterocycles. The Morgan fingerprint density at radius 3 is 2.35 bits per heavy atom. The molecule has 0 aliphatic carbocycles. The lowest BCUT2D eigenvalue weighted by Gasteiger charge is -2.45. The Morgan fingerprint density at radius 1 is 0.923 bits per heavy atom. The van der Waals surface area contributed by atoms with Crippen LogP contribution in [0.3, 0.4) is 0 Å². The van der Waals surface area contributed by atoms with Crippen molar-refractivity contribution in [2.24, 2.45) is 5.92 Å². The van der Waals surface area contributed by atoms with Crippen LogP contribution >= 0.6 is 11.6 Å². The number of anilines is 1. The van der Waals surface area contributed by atoms with Crippen molar-refractivity contribution in [3.05, 3.63) is 53.6 Å². The van der Waals surface area contributed by atoms with Crippen molar-refractivity contribution in [3.8, 4) is 11.3 Å². The number of hydrogen-bond donors (Lipinski definition) is 1. The largest absolute Gasteiger partial charge is 0.364 e. The van der Waals surface area contributed by atoms with Gasteiger partial charge in [-0.25, -0.2) is 0 Å². The summed E-state index contributed by atoms with van der Waals surface area (Å²) in [6, 6.07) is 16.6. The molecule has 2 aromatic carbocycles. The van der Waals surface area contributed by atoms with Gasteiger partial charge in [-0.2, -0.15) is 0 Å². The average Bonchev–Trinajstić information content (AvgIpc) is 2.70. The standard InChI is InChI=1S/C21H21ClN4/c22-16-7-5-15(6-8-16)20-17-3-1-2-4-18(17)21(25-24-20)23-19-13-26-11-9-14(19)10-12-26/h1-8,14,19H,9-13H2,(H,23,25). The first-order valence-corrected chi connectivity index (χ1v) is 9.66. The highest BCUT2D eigenvalue weighted by Crippen LogP contribution is 2.33. The van der Waals surface area contributed by atoms with Crippen LogP contribution in [0.4, 0.5) is 5.82 Å². The number of hydrogen-bond acceptors (Lipinski definition) is 4. The molecule has 5 heteroatoms. The molecule has 1 unspecified atom stereocenters. The lowest BCUT2D eigenvalue weighted by Crippen LogP contribution is -2.53. The van der Waals surface area contributed by atoms with Crippen LogP contribution in [0.15, 0.2) is 48.5 Å². The van der Waals surface area contributed by atoms with E-state index in [1.54, 1.807) is 0 Å². The predicted octanol–water partition coefficient (Wildman–Crippen LogP) is 4.46. The highest BCUT2D eigenvalue weighted by atomic mass is 35.5. The fourth-order valence-corrected chi connectivity index (χ4v) is 4.46. The predicted molar refractivity (Wildman–Crippen MR) is 107 cm³/mol. The SMILES string of the molecule is Clc1ccc(-c2nnc(NC3CN4CCC3CC4)c3ccccc23)cc1. The normalized spacial score (nSPS) is 24.7. The van der Waals surface area contributed by atoms with E-state index in [1.165, 1.54) is 25.9 Å². The molecule has 1 aromatic heterocycles. The number of aromatic nitrogens is 2. The third-order valence-electron chi connectivity index (χ3n) is 5.78. The first-order chi connectivity index (χ1) is 12.8. The van der Waals surface area contributed by atoms with E-state index in [1.807, 2.05) is 24.3 Å². The average molecular weight is 365 g/mol. The molecule has 0 saturated carbocycles. The van der Waals surface area contributed by atoms with E-state index in [2.05, 4.69) is 44.7 Å². The molecule has 6 rings (SSSR count). The summed E-state index contributed by atoms with van der Waals surface area (Å²) in [6.07, 6.45) is 2.57. The van der Waals surface area contributed by atoms with Crippen LogP contribution in [0.5, 0.6) is 0 Å². The topological polar surface area (TPSA) is 41.1 Å². The fourth-order valence-electron chi connectivity index (χ4n) is 4.34. The molecule has 1 atom stereocenters. The fraction of sp³-hybridized carbons (Fsp3) is 0.333. The molecule has 0 amide bonds. The molecule has 132 valence electrons. The van der Waals surface area contributed by atoms with Gasteiger partial charge in [-0.1, -0.05) is 48.0 Å². The third-order valence-corrected chi connectivity index (χ3v) is 6.04. The molecule has 2 bridgehead atoms. The zero-order valence-corrected chi connectivity index (χ0v) is 15.3. The summed E-state index contributed by atoms with van der Waals surface area (Å²) in [5, 5.41) is 15.8. The molecule has 26 heavy (non-hydrogen) atoms. The van der Waals surface area contributed by atoms with E-state index < -0.39 is 0 Å². The maximum Gasteiger partial charge on any atom is 0.156 e. The Kier molecular flexibility index (Phi) is 4.03. The Balaban J connectivity index is 1.53. The summed E-state index contributed by atoms with van der Waals surface area (Å²) < 4.78 is 0. The minimum Gasteiger partial charge on any atom is -0.364 e. The van der Waals surface area contributed by atoms with Crippen LogP contribution in [0.25, 0.3) is 22.0 Å². The number of fused-ring (bicyclic) bond motifs is 4. The Bertz CT molecular complexity index is 932. The minimum absolute atomic E-state index is 0.469. The van der Waals surface area contributed by atoms with E-state index >= 15 is 0 Å². The van der Waals surface area contributed by atoms with Crippen molar-refractivity contribution < 1.29 is 0 Å². The second kappa shape index (κ2) is 6.53. The number of benzene rings is 2. The first-order valence-electron chi connectivity index (χ1n) is 9.28. The van der Waals surface area contributed by atoms with Crippen molar-refractivity contribution in [1.82, 2.24) is 15.1 Å². The van der Waals surface area contributed by atoms with Gasteiger partial charge in [0.1, 0.15) is 5.69 Å². The maximum atomic E-state index is 6.03. The third kappa shape index (κ3) is 2.83. The van der Waals surface area contributed by atoms with E-state index in [4.69, 9.17) is 11.6 Å². The number of nitrogens with zero attached hydrogens (tertiary/aromatic N) is 3. The van der Waals surface area contributed by atoms with Crippen LogP contribution in [-0.2, 0) is 0 Å². The summed E-state index contributed by atoms with van der Waals surface area (Å²) in [5.41, 5.74) is 1.93. The van der Waals surface area contributed by atoms with Gasteiger partial charge in [0.05, 0.1) is 0 Å². The molecule has 4 nitrogen and oxygen atoms in total. The van der Waals surface area contributed by atoms with Crippen LogP contribution in [0.1, 0.15) is 12.8 Å². The summed E-state index contributed by atoms with van der Waals surface area (Å²) >= 11 is 6.03. The van der Waals surface area contributed by atoms with Gasteiger partial charge >= 0.3 is 0 Å². The van der Waals surface area contributed by atoms with Crippen molar-refractivity contribution in [1.29, 1.82) is 0 Å². The molecule has 3 saturated heterocycles. The molecule has 3 aromatic rings. The molecular formula is C21H21ClN4. The van der Waals surface area contributed by atoms with Gasteiger partial charge in [0.15, 0.2) is 5.82 Å². The molecule has 1 N–H and O–H groups in total. The minimum atomic E-state index is 0.469. The zero-order chi connectivity index (χ0) is 17.5. The van der Waals surface area contributed by atoms with Gasteiger partial charge in [-0.15, -0.1) is 10.2 Å². The van der Waals surface area contributed by atoms with Crippen LogP contribution in [0.2, 0.25) is 5.02 Å². The van der Waals surface area contributed by atoms with Gasteiger partial charge in [0, 0.05) is 33.9 Å². The summed E-state index contributed by atoms with van der Waals surface area (Å²) in [6.45, 7) is 3.59. The Labute approximate surface area is 158 Å². The van der Waals surface area contributed by atoms with Gasteiger partial charge in [-0.05, 0) is 44.0 Å². The highest BCUT2D eigenvalue weighted by Gasteiger charge is 2.34. The summed E-state index contributed by atoms with van der Waals surface area (Å²) in [5.74, 6) is 1.65. The molecule has 3 aliphatic rings. The number of rotatable bonds is 3. The second-order valence-corrected chi connectivity index (χ2v) is 7.77. The van der Waals surface area contributed by atoms with E-state index in [9.17, 15) is 0 Å². The summed E-state index contributed by atoms with van der Waals surface area (Å²) in [7, 11) is 0. The molecule has 4 heterocycles.